The minimum absolute atomic E-state index is 0.00564. The lowest BCUT2D eigenvalue weighted by molar-refractivity contribution is 0.0755. The topological polar surface area (TPSA) is 67.2 Å². The van der Waals surface area contributed by atoms with Crippen molar-refractivity contribution in [2.45, 2.75) is 19.4 Å². The van der Waals surface area contributed by atoms with Crippen LogP contribution in [0.3, 0.4) is 0 Å². The summed E-state index contributed by atoms with van der Waals surface area (Å²) in [6.07, 6.45) is 1.32. The van der Waals surface area contributed by atoms with Gasteiger partial charge in [0.2, 0.25) is 0 Å². The lowest BCUT2D eigenvalue weighted by atomic mass is 10.1. The van der Waals surface area contributed by atoms with Crippen molar-refractivity contribution in [1.29, 1.82) is 0 Å². The van der Waals surface area contributed by atoms with E-state index in [1.807, 2.05) is 78.0 Å². The summed E-state index contributed by atoms with van der Waals surface area (Å²) >= 11 is 4.91. The monoisotopic (exact) mass is 538 g/mol. The van der Waals surface area contributed by atoms with Crippen LogP contribution in [-0.4, -0.2) is 47.0 Å². The largest absolute Gasteiger partial charge is 0.337 e. The van der Waals surface area contributed by atoms with Gasteiger partial charge in [-0.3, -0.25) is 14.2 Å². The van der Waals surface area contributed by atoms with Crippen LogP contribution in [0.5, 0.6) is 0 Å². The molecule has 0 saturated heterocycles. The number of nitrogens with zero attached hydrogens (tertiary/aromatic N) is 3. The number of carbonyl (C=O) groups excluding carboxylic acids is 1. The molecule has 2 aromatic heterocycles. The number of thiophene rings is 1. The molecule has 0 unspecified atom stereocenters. The van der Waals surface area contributed by atoms with Gasteiger partial charge in [0.15, 0.2) is 0 Å². The van der Waals surface area contributed by atoms with Gasteiger partial charge in [0.05, 0.1) is 11.9 Å². The molecule has 2 heterocycles. The zero-order chi connectivity index (χ0) is 23.9. The number of halogens is 1. The Labute approximate surface area is 211 Å². The molecule has 176 valence electrons. The van der Waals surface area contributed by atoms with Gasteiger partial charge >= 0.3 is 0 Å². The van der Waals surface area contributed by atoms with Crippen LogP contribution < -0.4 is 10.9 Å². The summed E-state index contributed by atoms with van der Waals surface area (Å²) in [7, 11) is 1.88. The van der Waals surface area contributed by atoms with Crippen molar-refractivity contribution in [3.05, 3.63) is 97.8 Å². The van der Waals surface area contributed by atoms with Gasteiger partial charge in [-0.1, -0.05) is 46.3 Å². The van der Waals surface area contributed by atoms with E-state index in [1.165, 1.54) is 11.3 Å². The lowest BCUT2D eigenvalue weighted by Crippen LogP contribution is -2.37. The third-order valence-electron chi connectivity index (χ3n) is 5.68. The summed E-state index contributed by atoms with van der Waals surface area (Å²) in [6, 6.07) is 19.2. The molecule has 4 rings (SSSR count). The van der Waals surface area contributed by atoms with E-state index in [4.69, 9.17) is 4.98 Å². The highest BCUT2D eigenvalue weighted by Crippen LogP contribution is 2.18. The summed E-state index contributed by atoms with van der Waals surface area (Å²) in [4.78, 5) is 33.8. The zero-order valence-electron chi connectivity index (χ0n) is 19.0. The Morgan fingerprint density at radius 3 is 2.59 bits per heavy atom. The Bertz CT molecular complexity index is 1300. The Balaban J connectivity index is 1.54. The number of fused-ring (bicyclic) bond motifs is 1. The fraction of sp³-hybridized carbons (Fsp3) is 0.269. The minimum Gasteiger partial charge on any atom is -0.337 e. The maximum absolute atomic E-state index is 13.2. The van der Waals surface area contributed by atoms with Crippen molar-refractivity contribution in [3.63, 3.8) is 0 Å². The van der Waals surface area contributed by atoms with E-state index < -0.39 is 0 Å². The number of likely N-dealkylation sites (N-methyl/N-ethyl adjacent to an activating group) is 1. The second kappa shape index (κ2) is 11.6. The average Bonchev–Trinajstić information content (AvgIpc) is 3.33. The maximum atomic E-state index is 13.2. The van der Waals surface area contributed by atoms with Crippen molar-refractivity contribution < 1.29 is 4.79 Å². The number of amides is 1. The first kappa shape index (κ1) is 24.3. The molecule has 0 aliphatic heterocycles. The van der Waals surface area contributed by atoms with Gasteiger partial charge in [-0.2, -0.15) is 0 Å². The number of rotatable bonds is 10. The number of benzene rings is 2. The molecule has 1 amide bonds. The van der Waals surface area contributed by atoms with Gasteiger partial charge in [-0.25, -0.2) is 4.98 Å². The molecular formula is C26H27BrN4O2S. The maximum Gasteiger partial charge on any atom is 0.262 e. The SMILES string of the molecule is CNCCN(CCCc1nc2sccc2c(=O)n1Cc1ccccc1)C(=O)c1ccc(Br)cc1. The Hall–Kier alpha value is -2.81. The predicted octanol–water partition coefficient (Wildman–Crippen LogP) is 4.56. The first-order chi connectivity index (χ1) is 16.6. The van der Waals surface area contributed by atoms with Crippen LogP contribution in [0.25, 0.3) is 10.2 Å². The Morgan fingerprint density at radius 1 is 1.09 bits per heavy atom. The van der Waals surface area contributed by atoms with E-state index >= 15 is 0 Å². The lowest BCUT2D eigenvalue weighted by Gasteiger charge is -2.23. The predicted molar refractivity (Wildman–Crippen MR) is 142 cm³/mol. The molecule has 0 spiro atoms. The fourth-order valence-electron chi connectivity index (χ4n) is 3.88. The average molecular weight is 539 g/mol. The third-order valence-corrected chi connectivity index (χ3v) is 7.02. The van der Waals surface area contributed by atoms with Gasteiger partial charge in [0.25, 0.3) is 11.5 Å². The van der Waals surface area contributed by atoms with E-state index in [9.17, 15) is 9.59 Å². The van der Waals surface area contributed by atoms with E-state index in [0.29, 0.717) is 50.0 Å². The minimum atomic E-state index is -0.0110. The molecule has 6 nitrogen and oxygen atoms in total. The highest BCUT2D eigenvalue weighted by atomic mass is 79.9. The molecule has 0 aliphatic carbocycles. The first-order valence-corrected chi connectivity index (χ1v) is 12.9. The van der Waals surface area contributed by atoms with Gasteiger partial charge in [0, 0.05) is 36.1 Å². The summed E-state index contributed by atoms with van der Waals surface area (Å²) in [5, 5.41) is 5.69. The van der Waals surface area contributed by atoms with Crippen LogP contribution in [0, 0.1) is 0 Å². The van der Waals surface area contributed by atoms with E-state index in [2.05, 4.69) is 21.2 Å². The molecular weight excluding hydrogens is 512 g/mol. The molecule has 0 bridgehead atoms. The zero-order valence-corrected chi connectivity index (χ0v) is 21.4. The van der Waals surface area contributed by atoms with Gasteiger partial charge in [-0.05, 0) is 54.7 Å². The van der Waals surface area contributed by atoms with Crippen LogP contribution in [0.2, 0.25) is 0 Å². The molecule has 0 fully saturated rings. The quantitative estimate of drug-likeness (QED) is 0.321. The van der Waals surface area contributed by atoms with Crippen molar-refractivity contribution in [1.82, 2.24) is 19.8 Å². The molecule has 8 heteroatoms. The molecule has 0 saturated carbocycles. The van der Waals surface area contributed by atoms with Crippen LogP contribution in [-0.2, 0) is 13.0 Å². The third kappa shape index (κ3) is 5.81. The number of aryl methyl sites for hydroxylation is 1. The number of aromatic nitrogens is 2. The van der Waals surface area contributed by atoms with Crippen LogP contribution in [0.4, 0.5) is 0 Å². The summed E-state index contributed by atoms with van der Waals surface area (Å²) in [5.41, 5.74) is 1.71. The van der Waals surface area contributed by atoms with E-state index in [1.54, 1.807) is 4.57 Å². The Morgan fingerprint density at radius 2 is 1.85 bits per heavy atom. The van der Waals surface area contributed by atoms with Gasteiger partial charge < -0.3 is 10.2 Å². The molecule has 0 aliphatic rings. The van der Waals surface area contributed by atoms with Crippen LogP contribution in [0.1, 0.15) is 28.2 Å². The first-order valence-electron chi connectivity index (χ1n) is 11.3. The number of hydrogen-bond acceptors (Lipinski definition) is 5. The smallest absolute Gasteiger partial charge is 0.262 e. The summed E-state index contributed by atoms with van der Waals surface area (Å²) in [5.74, 6) is 0.763. The highest BCUT2D eigenvalue weighted by Gasteiger charge is 2.17. The molecule has 4 aromatic rings. The standard InChI is InChI=1S/C26H27BrN4O2S/c1-28-14-16-30(25(32)20-9-11-21(27)12-10-20)15-5-8-23-29-24-22(13-17-34-24)26(33)31(23)18-19-6-3-2-4-7-19/h2-4,6-7,9-13,17,28H,5,8,14-16,18H2,1H3. The second-order valence-corrected chi connectivity index (χ2v) is 9.86. The Kier molecular flexibility index (Phi) is 8.26. The number of nitrogens with one attached hydrogen (secondary N) is 1. The van der Waals surface area contributed by atoms with Crippen molar-refractivity contribution >= 4 is 43.4 Å². The van der Waals surface area contributed by atoms with Crippen molar-refractivity contribution in [2.24, 2.45) is 0 Å². The van der Waals surface area contributed by atoms with Crippen LogP contribution >= 0.6 is 27.3 Å². The van der Waals surface area contributed by atoms with Crippen LogP contribution in [0.15, 0.2) is 75.3 Å². The van der Waals surface area contributed by atoms with Gasteiger partial charge in [-0.15, -0.1) is 11.3 Å². The van der Waals surface area contributed by atoms with Crippen molar-refractivity contribution in [2.75, 3.05) is 26.7 Å². The number of hydrogen-bond donors (Lipinski definition) is 1. The molecule has 2 aromatic carbocycles. The molecule has 0 atom stereocenters. The molecule has 0 radical (unpaired) electrons. The fourth-order valence-corrected chi connectivity index (χ4v) is 4.91. The van der Waals surface area contributed by atoms with E-state index in [-0.39, 0.29) is 11.5 Å². The van der Waals surface area contributed by atoms with Gasteiger partial charge in [0.1, 0.15) is 10.7 Å². The summed E-state index contributed by atoms with van der Waals surface area (Å²) in [6.45, 7) is 2.38. The van der Waals surface area contributed by atoms with Crippen molar-refractivity contribution in [3.8, 4) is 0 Å². The second-order valence-electron chi connectivity index (χ2n) is 8.05. The highest BCUT2D eigenvalue weighted by molar-refractivity contribution is 9.10. The normalized spacial score (nSPS) is 11.1. The number of carbonyl (C=O) groups is 1. The molecule has 34 heavy (non-hydrogen) atoms. The summed E-state index contributed by atoms with van der Waals surface area (Å²) < 4.78 is 2.72. The molecule has 1 N–H and O–H groups in total. The van der Waals surface area contributed by atoms with E-state index in [0.717, 1.165) is 20.7 Å².